The van der Waals surface area contributed by atoms with Crippen LogP contribution < -0.4 is 16.6 Å². The smallest absolute Gasteiger partial charge is 0.311 e. The average Bonchev–Trinajstić information content (AvgIpc) is 3.32. The van der Waals surface area contributed by atoms with Gasteiger partial charge in [-0.15, -0.1) is 10.2 Å². The maximum absolute atomic E-state index is 12.7. The Morgan fingerprint density at radius 1 is 0.971 bits per heavy atom. The van der Waals surface area contributed by atoms with E-state index in [1.165, 1.54) is 33.7 Å². The van der Waals surface area contributed by atoms with Crippen LogP contribution in [0.4, 0.5) is 5.82 Å². The number of carbonyl (C=O) groups excluding carboxylic acids is 1. The predicted octanol–water partition coefficient (Wildman–Crippen LogP) is 3.93. The maximum Gasteiger partial charge on any atom is 0.334 e. The highest BCUT2D eigenvalue weighted by atomic mass is 32.2. The summed E-state index contributed by atoms with van der Waals surface area (Å²) in [4.78, 5) is 39.8. The molecule has 0 unspecified atom stereocenters. The Kier molecular flexibility index (Phi) is 6.07. The topological polar surface area (TPSA) is 110 Å². The zero-order chi connectivity index (χ0) is 23.5. The fourth-order valence-corrected chi connectivity index (χ4v) is 5.16. The fourth-order valence-electron chi connectivity index (χ4n) is 3.50. The van der Waals surface area contributed by atoms with Gasteiger partial charge >= 0.3 is 5.69 Å². The third-order valence-electron chi connectivity index (χ3n) is 4.97. The lowest BCUT2D eigenvalue weighted by molar-refractivity contribution is -0.113. The third-order valence-corrected chi connectivity index (χ3v) is 7.08. The van der Waals surface area contributed by atoms with Crippen molar-refractivity contribution in [1.82, 2.24) is 19.7 Å². The van der Waals surface area contributed by atoms with Gasteiger partial charge in [-0.25, -0.2) is 9.36 Å². The monoisotopic (exact) mass is 487 g/mol. The number of amides is 1. The highest BCUT2D eigenvalue weighted by Gasteiger charge is 2.15. The van der Waals surface area contributed by atoms with Gasteiger partial charge in [0.05, 0.1) is 11.4 Å². The van der Waals surface area contributed by atoms with Gasteiger partial charge in [-0.05, 0) is 11.5 Å². The van der Waals surface area contributed by atoms with Crippen LogP contribution in [0.5, 0.6) is 0 Å². The molecule has 2 N–H and O–H groups in total. The van der Waals surface area contributed by atoms with Gasteiger partial charge in [0.15, 0.2) is 4.34 Å². The van der Waals surface area contributed by atoms with Gasteiger partial charge in [-0.1, -0.05) is 89.8 Å². The third kappa shape index (κ3) is 4.54. The lowest BCUT2D eigenvalue weighted by Gasteiger charge is -2.14. The van der Waals surface area contributed by atoms with E-state index in [9.17, 15) is 14.4 Å². The van der Waals surface area contributed by atoms with Crippen molar-refractivity contribution in [2.75, 3.05) is 11.1 Å². The number of nitrogens with zero attached hydrogens (tertiary/aromatic N) is 3. The number of benzene rings is 3. The maximum atomic E-state index is 12.7. The Labute approximate surface area is 201 Å². The quantitative estimate of drug-likeness (QED) is 0.351. The first-order valence-corrected chi connectivity index (χ1v) is 12.0. The number of hydrogen-bond donors (Lipinski definition) is 2. The number of anilines is 1. The van der Waals surface area contributed by atoms with Gasteiger partial charge in [-0.3, -0.25) is 14.6 Å². The Morgan fingerprint density at radius 3 is 2.59 bits per heavy atom. The molecule has 0 bridgehead atoms. The molecule has 0 radical (unpaired) electrons. The molecule has 2 heterocycles. The molecule has 0 saturated carbocycles. The summed E-state index contributed by atoms with van der Waals surface area (Å²) in [6, 6.07) is 23.9. The summed E-state index contributed by atoms with van der Waals surface area (Å²) < 4.78 is 1.94. The SMILES string of the molecule is O=C(CSc1nnc(-c2ccccc2)s1)Nc1cc(=O)[nH]c(=O)n1-c1cccc2ccccc12. The molecule has 8 nitrogen and oxygen atoms in total. The molecule has 10 heteroatoms. The van der Waals surface area contributed by atoms with Crippen molar-refractivity contribution in [3.63, 3.8) is 0 Å². The second kappa shape index (κ2) is 9.46. The molecule has 34 heavy (non-hydrogen) atoms. The summed E-state index contributed by atoms with van der Waals surface area (Å²) in [7, 11) is 0. The van der Waals surface area contributed by atoms with E-state index < -0.39 is 11.2 Å². The van der Waals surface area contributed by atoms with Crippen LogP contribution >= 0.6 is 23.1 Å². The first-order chi connectivity index (χ1) is 16.6. The minimum Gasteiger partial charge on any atom is -0.311 e. The average molecular weight is 488 g/mol. The van der Waals surface area contributed by atoms with E-state index in [2.05, 4.69) is 20.5 Å². The first-order valence-electron chi connectivity index (χ1n) is 10.2. The van der Waals surface area contributed by atoms with Crippen molar-refractivity contribution in [2.45, 2.75) is 4.34 Å². The lowest BCUT2D eigenvalue weighted by atomic mass is 10.1. The molecule has 0 aliphatic carbocycles. The number of thioether (sulfide) groups is 1. The van der Waals surface area contributed by atoms with E-state index in [0.717, 1.165) is 21.3 Å². The van der Waals surface area contributed by atoms with Crippen molar-refractivity contribution in [2.24, 2.45) is 0 Å². The van der Waals surface area contributed by atoms with Crippen molar-refractivity contribution in [3.05, 3.63) is 99.7 Å². The molecule has 0 aliphatic heterocycles. The number of aromatic amines is 1. The molecule has 0 aliphatic rings. The van der Waals surface area contributed by atoms with Crippen LogP contribution in [0.2, 0.25) is 0 Å². The zero-order valence-corrected chi connectivity index (χ0v) is 19.2. The van der Waals surface area contributed by atoms with Crippen LogP contribution in [0.25, 0.3) is 27.0 Å². The molecule has 0 spiro atoms. The van der Waals surface area contributed by atoms with Crippen molar-refractivity contribution in [1.29, 1.82) is 0 Å². The summed E-state index contributed by atoms with van der Waals surface area (Å²) in [6.07, 6.45) is 0. The summed E-state index contributed by atoms with van der Waals surface area (Å²) in [5, 5.41) is 13.5. The van der Waals surface area contributed by atoms with Gasteiger partial charge in [0.2, 0.25) is 5.91 Å². The number of nitrogens with one attached hydrogen (secondary N) is 2. The van der Waals surface area contributed by atoms with Crippen LogP contribution in [-0.2, 0) is 4.79 Å². The van der Waals surface area contributed by atoms with E-state index in [1.807, 2.05) is 66.7 Å². The number of rotatable bonds is 6. The lowest BCUT2D eigenvalue weighted by Crippen LogP contribution is -2.32. The van der Waals surface area contributed by atoms with E-state index in [0.29, 0.717) is 10.0 Å². The molecule has 3 aromatic carbocycles. The van der Waals surface area contributed by atoms with Crippen LogP contribution in [0.15, 0.2) is 92.8 Å². The van der Waals surface area contributed by atoms with E-state index in [-0.39, 0.29) is 17.5 Å². The fraction of sp³-hybridized carbons (Fsp3) is 0.0417. The van der Waals surface area contributed by atoms with Gasteiger partial charge in [0, 0.05) is 17.0 Å². The first kappa shape index (κ1) is 21.8. The number of H-pyrrole nitrogens is 1. The molecule has 1 amide bonds. The largest absolute Gasteiger partial charge is 0.334 e. The van der Waals surface area contributed by atoms with Gasteiger partial charge in [-0.2, -0.15) is 0 Å². The van der Waals surface area contributed by atoms with Crippen LogP contribution in [-0.4, -0.2) is 31.4 Å². The summed E-state index contributed by atoms with van der Waals surface area (Å²) >= 11 is 2.63. The molecule has 5 aromatic rings. The highest BCUT2D eigenvalue weighted by molar-refractivity contribution is 8.01. The number of aromatic nitrogens is 4. The second-order valence-electron chi connectivity index (χ2n) is 7.23. The molecule has 0 fully saturated rings. The second-order valence-corrected chi connectivity index (χ2v) is 9.43. The summed E-state index contributed by atoms with van der Waals surface area (Å²) in [5.41, 5.74) is 0.280. The summed E-state index contributed by atoms with van der Waals surface area (Å²) in [5.74, 6) is -0.238. The molecule has 2 aromatic heterocycles. The van der Waals surface area contributed by atoms with Crippen LogP contribution in [0, 0.1) is 0 Å². The van der Waals surface area contributed by atoms with Gasteiger partial charge in [0.25, 0.3) is 5.56 Å². The molecule has 168 valence electrons. The molecular weight excluding hydrogens is 470 g/mol. The Bertz CT molecular complexity index is 1600. The number of carbonyl (C=O) groups is 1. The normalized spacial score (nSPS) is 10.9. The Balaban J connectivity index is 1.39. The molecule has 5 rings (SSSR count). The van der Waals surface area contributed by atoms with Gasteiger partial charge < -0.3 is 5.32 Å². The minimum absolute atomic E-state index is 0.0416. The van der Waals surface area contributed by atoms with Crippen molar-refractivity contribution >= 4 is 45.6 Å². The minimum atomic E-state index is -0.636. The van der Waals surface area contributed by atoms with Gasteiger partial charge in [0.1, 0.15) is 10.8 Å². The van der Waals surface area contributed by atoms with E-state index >= 15 is 0 Å². The molecule has 0 atom stereocenters. The standard InChI is InChI=1S/C24H17N5O3S2/c30-20-13-19(29(23(32)26-20)18-12-6-10-15-7-4-5-11-17(15)18)25-21(31)14-33-24-28-27-22(34-24)16-8-2-1-3-9-16/h1-13H,14H2,(H,25,31)(H,26,30,32). The van der Waals surface area contributed by atoms with Crippen molar-refractivity contribution < 1.29 is 4.79 Å². The highest BCUT2D eigenvalue weighted by Crippen LogP contribution is 2.29. The van der Waals surface area contributed by atoms with Crippen LogP contribution in [0.1, 0.15) is 0 Å². The van der Waals surface area contributed by atoms with Crippen molar-refractivity contribution in [3.8, 4) is 16.3 Å². The molecule has 0 saturated heterocycles. The number of fused-ring (bicyclic) bond motifs is 1. The predicted molar refractivity (Wildman–Crippen MR) is 135 cm³/mol. The zero-order valence-electron chi connectivity index (χ0n) is 17.6. The molecular formula is C24H17N5O3S2. The van der Waals surface area contributed by atoms with Crippen LogP contribution in [0.3, 0.4) is 0 Å². The van der Waals surface area contributed by atoms with E-state index in [1.54, 1.807) is 6.07 Å². The Hall–Kier alpha value is -4.02. The number of hydrogen-bond acceptors (Lipinski definition) is 7. The van der Waals surface area contributed by atoms with E-state index in [4.69, 9.17) is 0 Å². The Morgan fingerprint density at radius 2 is 1.74 bits per heavy atom. The summed E-state index contributed by atoms with van der Waals surface area (Å²) in [6.45, 7) is 0.